The van der Waals surface area contributed by atoms with E-state index in [9.17, 15) is 0 Å². The van der Waals surface area contributed by atoms with E-state index >= 15 is 0 Å². The summed E-state index contributed by atoms with van der Waals surface area (Å²) >= 11 is 0. The molecule has 0 bridgehead atoms. The number of unbranched alkanes of at least 4 members (excludes halogenated alkanes) is 12. The van der Waals surface area contributed by atoms with Crippen molar-refractivity contribution < 1.29 is 0 Å². The molecule has 0 atom stereocenters. The molecule has 0 aliphatic carbocycles. The Morgan fingerprint density at radius 2 is 1.10 bits per heavy atom. The van der Waals surface area contributed by atoms with Crippen LogP contribution in [0.2, 0.25) is 0 Å². The summed E-state index contributed by atoms with van der Waals surface area (Å²) in [4.78, 5) is 0. The Kier molecular flexibility index (Phi) is 9.57. The predicted octanol–water partition coefficient (Wildman–Crippen LogP) is 9.64. The van der Waals surface area contributed by atoms with Gasteiger partial charge in [-0.2, -0.15) is 0 Å². The van der Waals surface area contributed by atoms with E-state index in [1.165, 1.54) is 111 Å². The van der Waals surface area contributed by atoms with Crippen molar-refractivity contribution in [3.63, 3.8) is 0 Å². The quantitative estimate of drug-likeness (QED) is 0.191. The monoisotopic (exact) mass is 387 g/mol. The topological polar surface area (TPSA) is 0 Å². The van der Waals surface area contributed by atoms with Crippen LogP contribution in [0.1, 0.15) is 96.0 Å². The SMILES string of the molecule is CCCCCCCCCCCCCC[CH]c1cccc2cc3ccccc3cc12. The highest BCUT2D eigenvalue weighted by Gasteiger charge is 2.03. The van der Waals surface area contributed by atoms with Crippen molar-refractivity contribution in [1.82, 2.24) is 0 Å². The van der Waals surface area contributed by atoms with Crippen LogP contribution in [0.25, 0.3) is 21.5 Å². The first-order valence-electron chi connectivity index (χ1n) is 12.1. The van der Waals surface area contributed by atoms with Crippen LogP contribution in [0.5, 0.6) is 0 Å². The van der Waals surface area contributed by atoms with Crippen molar-refractivity contribution in [2.45, 2.75) is 90.4 Å². The van der Waals surface area contributed by atoms with Crippen molar-refractivity contribution in [3.8, 4) is 0 Å². The van der Waals surface area contributed by atoms with Crippen LogP contribution >= 0.6 is 0 Å². The molecule has 0 unspecified atom stereocenters. The molecular formula is C29H39. The first kappa shape index (κ1) is 21.9. The molecule has 0 nitrogen and oxygen atoms in total. The zero-order valence-corrected chi connectivity index (χ0v) is 18.5. The maximum Gasteiger partial charge on any atom is -0.00867 e. The third kappa shape index (κ3) is 7.18. The average Bonchev–Trinajstić information content (AvgIpc) is 2.75. The summed E-state index contributed by atoms with van der Waals surface area (Å²) < 4.78 is 0. The Morgan fingerprint density at radius 3 is 1.76 bits per heavy atom. The fraction of sp³-hybridized carbons (Fsp3) is 0.483. The summed E-state index contributed by atoms with van der Waals surface area (Å²) in [5.41, 5.74) is 1.40. The lowest BCUT2D eigenvalue weighted by atomic mass is 9.96. The van der Waals surface area contributed by atoms with Crippen molar-refractivity contribution in [3.05, 3.63) is 66.6 Å². The minimum absolute atomic E-state index is 1.20. The number of benzene rings is 3. The van der Waals surface area contributed by atoms with Crippen LogP contribution in [0.3, 0.4) is 0 Å². The summed E-state index contributed by atoms with van der Waals surface area (Å²) in [5, 5.41) is 5.42. The molecule has 1 radical (unpaired) electrons. The van der Waals surface area contributed by atoms with Crippen molar-refractivity contribution >= 4 is 21.5 Å². The van der Waals surface area contributed by atoms with E-state index in [0.29, 0.717) is 0 Å². The molecule has 0 spiro atoms. The highest BCUT2D eigenvalue weighted by molar-refractivity contribution is 6.00. The number of hydrogen-bond donors (Lipinski definition) is 0. The fourth-order valence-corrected chi connectivity index (χ4v) is 4.41. The Labute approximate surface area is 178 Å². The van der Waals surface area contributed by atoms with Gasteiger partial charge >= 0.3 is 0 Å². The molecule has 0 heterocycles. The number of fused-ring (bicyclic) bond motifs is 2. The summed E-state index contributed by atoms with van der Waals surface area (Å²) in [6, 6.07) is 20.1. The molecule has 0 aliphatic rings. The van der Waals surface area contributed by atoms with Gasteiger partial charge in [-0.05, 0) is 52.1 Å². The van der Waals surface area contributed by atoms with Gasteiger partial charge in [0.05, 0.1) is 0 Å². The van der Waals surface area contributed by atoms with Crippen molar-refractivity contribution in [2.24, 2.45) is 0 Å². The third-order valence-corrected chi connectivity index (χ3v) is 6.20. The molecule has 155 valence electrons. The summed E-state index contributed by atoms with van der Waals surface area (Å²) in [5.74, 6) is 0. The van der Waals surface area contributed by atoms with Crippen LogP contribution in [-0.2, 0) is 0 Å². The number of hydrogen-bond acceptors (Lipinski definition) is 0. The van der Waals surface area contributed by atoms with Crippen LogP contribution in [0, 0.1) is 6.42 Å². The van der Waals surface area contributed by atoms with E-state index in [2.05, 4.69) is 67.9 Å². The van der Waals surface area contributed by atoms with Gasteiger partial charge in [-0.15, -0.1) is 0 Å². The minimum Gasteiger partial charge on any atom is -0.0654 e. The Bertz CT molecular complexity index is 845. The molecule has 0 aliphatic heterocycles. The highest BCUT2D eigenvalue weighted by Crippen LogP contribution is 2.27. The van der Waals surface area contributed by atoms with Gasteiger partial charge in [-0.1, -0.05) is 126 Å². The molecule has 0 heteroatoms. The standard InChI is InChI=1S/C29H39/c1-2-3-4-5-6-7-8-9-10-11-12-13-14-18-25-21-17-22-28-23-26-19-15-16-20-27(26)24-29(25)28/h15-24H,2-14H2,1H3. The fourth-order valence-electron chi connectivity index (χ4n) is 4.41. The van der Waals surface area contributed by atoms with Crippen LogP contribution in [0.15, 0.2) is 54.6 Å². The molecule has 0 saturated carbocycles. The van der Waals surface area contributed by atoms with Gasteiger partial charge in [0.25, 0.3) is 0 Å². The maximum absolute atomic E-state index is 2.45. The Balaban J connectivity index is 1.32. The van der Waals surface area contributed by atoms with Gasteiger partial charge in [0.2, 0.25) is 0 Å². The lowest BCUT2D eigenvalue weighted by Crippen LogP contribution is -1.87. The molecule has 0 N–H and O–H groups in total. The van der Waals surface area contributed by atoms with E-state index in [0.717, 1.165) is 0 Å². The zero-order chi connectivity index (χ0) is 20.2. The van der Waals surface area contributed by atoms with Gasteiger partial charge in [0.1, 0.15) is 0 Å². The largest absolute Gasteiger partial charge is 0.0654 e. The van der Waals surface area contributed by atoms with E-state index in [4.69, 9.17) is 0 Å². The van der Waals surface area contributed by atoms with Crippen molar-refractivity contribution in [2.75, 3.05) is 0 Å². The summed E-state index contributed by atoms with van der Waals surface area (Å²) in [6.45, 7) is 2.29. The van der Waals surface area contributed by atoms with E-state index in [-0.39, 0.29) is 0 Å². The van der Waals surface area contributed by atoms with Crippen molar-refractivity contribution in [1.29, 1.82) is 0 Å². The Hall–Kier alpha value is -1.82. The van der Waals surface area contributed by atoms with Crippen LogP contribution in [-0.4, -0.2) is 0 Å². The molecular weight excluding hydrogens is 348 g/mol. The highest BCUT2D eigenvalue weighted by atomic mass is 14.1. The lowest BCUT2D eigenvalue weighted by Gasteiger charge is -2.08. The normalized spacial score (nSPS) is 11.5. The molecule has 0 aromatic heterocycles. The first-order valence-corrected chi connectivity index (χ1v) is 12.1. The van der Waals surface area contributed by atoms with Gasteiger partial charge in [0.15, 0.2) is 0 Å². The molecule has 0 amide bonds. The smallest absolute Gasteiger partial charge is 0.00867 e. The third-order valence-electron chi connectivity index (χ3n) is 6.20. The van der Waals surface area contributed by atoms with Gasteiger partial charge in [0, 0.05) is 0 Å². The molecule has 29 heavy (non-hydrogen) atoms. The second kappa shape index (κ2) is 12.7. The van der Waals surface area contributed by atoms with E-state index in [1.807, 2.05) is 0 Å². The summed E-state index contributed by atoms with van der Waals surface area (Å²) in [6.07, 6.45) is 20.6. The summed E-state index contributed by atoms with van der Waals surface area (Å²) in [7, 11) is 0. The van der Waals surface area contributed by atoms with Gasteiger partial charge in [-0.3, -0.25) is 0 Å². The molecule has 0 saturated heterocycles. The minimum atomic E-state index is 1.20. The zero-order valence-electron chi connectivity index (χ0n) is 18.5. The van der Waals surface area contributed by atoms with Gasteiger partial charge in [-0.25, -0.2) is 0 Å². The molecule has 3 aromatic rings. The first-order chi connectivity index (χ1) is 14.4. The van der Waals surface area contributed by atoms with Gasteiger partial charge < -0.3 is 0 Å². The molecule has 3 rings (SSSR count). The predicted molar refractivity (Wildman–Crippen MR) is 131 cm³/mol. The van der Waals surface area contributed by atoms with Crippen LogP contribution in [0.4, 0.5) is 0 Å². The maximum atomic E-state index is 2.45. The van der Waals surface area contributed by atoms with E-state index in [1.54, 1.807) is 0 Å². The van der Waals surface area contributed by atoms with Crippen LogP contribution < -0.4 is 0 Å². The molecule has 0 fully saturated rings. The number of rotatable bonds is 14. The lowest BCUT2D eigenvalue weighted by molar-refractivity contribution is 0.544. The molecule has 3 aromatic carbocycles. The second-order valence-corrected chi connectivity index (χ2v) is 8.65. The Morgan fingerprint density at radius 1 is 0.552 bits per heavy atom. The average molecular weight is 388 g/mol. The second-order valence-electron chi connectivity index (χ2n) is 8.65. The van der Waals surface area contributed by atoms with E-state index < -0.39 is 0 Å².